The molecule has 0 fully saturated rings. The first-order chi connectivity index (χ1) is 9.40. The van der Waals surface area contributed by atoms with Crippen molar-refractivity contribution in [3.8, 4) is 0 Å². The smallest absolute Gasteiger partial charge is 0.309 e. The highest BCUT2D eigenvalue weighted by molar-refractivity contribution is 5.70. The zero-order valence-electron chi connectivity index (χ0n) is 12.2. The Morgan fingerprint density at radius 1 is 1.25 bits per heavy atom. The van der Waals surface area contributed by atoms with Crippen molar-refractivity contribution in [1.82, 2.24) is 0 Å². The predicted octanol–water partition coefficient (Wildman–Crippen LogP) is 2.79. The van der Waals surface area contributed by atoms with Crippen LogP contribution in [0.1, 0.15) is 32.8 Å². The number of ether oxygens (including phenoxy) is 2. The summed E-state index contributed by atoms with van der Waals surface area (Å²) in [7, 11) is 0. The fourth-order valence-electron chi connectivity index (χ4n) is 1.58. The van der Waals surface area contributed by atoms with Crippen LogP contribution in [-0.2, 0) is 25.8 Å². The van der Waals surface area contributed by atoms with E-state index in [9.17, 15) is 4.79 Å². The highest BCUT2D eigenvalue weighted by Crippen LogP contribution is 2.11. The third-order valence-corrected chi connectivity index (χ3v) is 2.38. The lowest BCUT2D eigenvalue weighted by molar-refractivity contribution is -0.289. The third-order valence-electron chi connectivity index (χ3n) is 2.38. The molecule has 0 aliphatic heterocycles. The summed E-state index contributed by atoms with van der Waals surface area (Å²) < 4.78 is 10.6. The van der Waals surface area contributed by atoms with Gasteiger partial charge in [-0.3, -0.25) is 10.1 Å². The summed E-state index contributed by atoms with van der Waals surface area (Å²) in [5.74, 6) is -0.431. The minimum absolute atomic E-state index is 0.0530. The molecule has 1 aromatic rings. The highest BCUT2D eigenvalue weighted by atomic mass is 17.1. The van der Waals surface area contributed by atoms with Gasteiger partial charge in [-0.1, -0.05) is 30.3 Å². The first-order valence-electron chi connectivity index (χ1n) is 6.54. The molecule has 0 bridgehead atoms. The van der Waals surface area contributed by atoms with E-state index in [1.165, 1.54) is 0 Å². The van der Waals surface area contributed by atoms with Crippen LogP contribution >= 0.6 is 0 Å². The van der Waals surface area contributed by atoms with Gasteiger partial charge < -0.3 is 9.47 Å². The van der Waals surface area contributed by atoms with Gasteiger partial charge in [0.15, 0.2) is 0 Å². The largest absolute Gasteiger partial charge is 0.460 e. The van der Waals surface area contributed by atoms with E-state index in [1.54, 1.807) is 20.8 Å². The van der Waals surface area contributed by atoms with Crippen LogP contribution in [0.25, 0.3) is 0 Å². The van der Waals surface area contributed by atoms with Gasteiger partial charge in [-0.2, -0.15) is 0 Å². The summed E-state index contributed by atoms with van der Waals surface area (Å²) in [5, 5.41) is 8.78. The van der Waals surface area contributed by atoms with Crippen LogP contribution in [0, 0.1) is 0 Å². The minimum atomic E-state index is -0.728. The molecule has 0 saturated carbocycles. The quantitative estimate of drug-likeness (QED) is 0.473. The maximum Gasteiger partial charge on any atom is 0.309 e. The van der Waals surface area contributed by atoms with Crippen molar-refractivity contribution >= 4 is 5.97 Å². The summed E-state index contributed by atoms with van der Waals surface area (Å²) in [6.45, 7) is 5.86. The van der Waals surface area contributed by atoms with E-state index in [0.29, 0.717) is 6.61 Å². The first kappa shape index (κ1) is 16.6. The third kappa shape index (κ3) is 7.23. The molecular weight excluding hydrogens is 260 g/mol. The Morgan fingerprint density at radius 2 is 1.90 bits per heavy atom. The zero-order chi connectivity index (χ0) is 15.0. The van der Waals surface area contributed by atoms with E-state index in [2.05, 4.69) is 4.89 Å². The Balaban J connectivity index is 2.31. The molecule has 20 heavy (non-hydrogen) atoms. The molecule has 0 radical (unpaired) electrons. The number of carbonyl (C=O) groups is 1. The molecule has 0 amide bonds. The van der Waals surface area contributed by atoms with Gasteiger partial charge in [-0.05, 0) is 26.3 Å². The van der Waals surface area contributed by atoms with E-state index in [0.717, 1.165) is 5.56 Å². The molecule has 0 aromatic heterocycles. The van der Waals surface area contributed by atoms with Gasteiger partial charge in [0, 0.05) is 0 Å². The van der Waals surface area contributed by atoms with Gasteiger partial charge >= 0.3 is 5.97 Å². The van der Waals surface area contributed by atoms with Crippen molar-refractivity contribution in [1.29, 1.82) is 0 Å². The Morgan fingerprint density at radius 3 is 2.45 bits per heavy atom. The minimum Gasteiger partial charge on any atom is -0.460 e. The number of hydrogen-bond donors (Lipinski definition) is 1. The molecule has 1 atom stereocenters. The molecule has 0 aliphatic rings. The van der Waals surface area contributed by atoms with Gasteiger partial charge in [0.1, 0.15) is 11.7 Å². The average Bonchev–Trinajstić information content (AvgIpc) is 2.36. The zero-order valence-corrected chi connectivity index (χ0v) is 12.2. The maximum absolute atomic E-state index is 11.6. The van der Waals surface area contributed by atoms with E-state index >= 15 is 0 Å². The molecule has 5 heteroatoms. The summed E-state index contributed by atoms with van der Waals surface area (Å²) >= 11 is 0. The number of hydrogen-bond acceptors (Lipinski definition) is 5. The second kappa shape index (κ2) is 7.99. The van der Waals surface area contributed by atoms with Gasteiger partial charge in [0.05, 0.1) is 19.6 Å². The lowest BCUT2D eigenvalue weighted by Crippen LogP contribution is -2.29. The SMILES string of the molecule is CC(C)(C)OC(=O)CC(COCc1ccccc1)OO. The lowest BCUT2D eigenvalue weighted by Gasteiger charge is -2.21. The maximum atomic E-state index is 11.6. The van der Waals surface area contributed by atoms with Gasteiger partial charge in [-0.15, -0.1) is 0 Å². The first-order valence-corrected chi connectivity index (χ1v) is 6.54. The molecule has 1 aromatic carbocycles. The molecule has 112 valence electrons. The highest BCUT2D eigenvalue weighted by Gasteiger charge is 2.21. The van der Waals surface area contributed by atoms with Crippen LogP contribution in [0.2, 0.25) is 0 Å². The average molecular weight is 282 g/mol. The number of carbonyl (C=O) groups excluding carboxylic acids is 1. The van der Waals surface area contributed by atoms with Crippen molar-refractivity contribution in [2.45, 2.75) is 45.5 Å². The Hall–Kier alpha value is -1.43. The molecule has 1 rings (SSSR count). The van der Waals surface area contributed by atoms with Crippen LogP contribution in [0.15, 0.2) is 30.3 Å². The van der Waals surface area contributed by atoms with Crippen molar-refractivity contribution in [3.05, 3.63) is 35.9 Å². The summed E-state index contributed by atoms with van der Waals surface area (Å²) in [4.78, 5) is 15.8. The molecule has 0 heterocycles. The summed E-state index contributed by atoms with van der Waals surface area (Å²) in [6.07, 6.45) is -0.781. The Kier molecular flexibility index (Phi) is 6.64. The number of rotatable bonds is 7. The second-order valence-corrected chi connectivity index (χ2v) is 5.52. The fourth-order valence-corrected chi connectivity index (χ4v) is 1.58. The number of benzene rings is 1. The van der Waals surface area contributed by atoms with Crippen molar-refractivity contribution in [3.63, 3.8) is 0 Å². The van der Waals surface area contributed by atoms with Crippen molar-refractivity contribution in [2.75, 3.05) is 6.61 Å². The lowest BCUT2D eigenvalue weighted by atomic mass is 10.2. The molecule has 1 N–H and O–H groups in total. The van der Waals surface area contributed by atoms with E-state index in [4.69, 9.17) is 14.7 Å². The summed E-state index contributed by atoms with van der Waals surface area (Å²) in [5.41, 5.74) is 0.462. The van der Waals surface area contributed by atoms with E-state index < -0.39 is 17.7 Å². The Labute approximate surface area is 119 Å². The molecule has 5 nitrogen and oxygen atoms in total. The monoisotopic (exact) mass is 282 g/mol. The van der Waals surface area contributed by atoms with Gasteiger partial charge in [-0.25, -0.2) is 4.89 Å². The fraction of sp³-hybridized carbons (Fsp3) is 0.533. The van der Waals surface area contributed by atoms with Crippen LogP contribution in [0.5, 0.6) is 0 Å². The van der Waals surface area contributed by atoms with Crippen LogP contribution in [-0.4, -0.2) is 29.5 Å². The Bertz CT molecular complexity index is 396. The standard InChI is InChI=1S/C15H22O5/c1-15(2,3)19-14(16)9-13(20-17)11-18-10-12-7-5-4-6-8-12/h4-8,13,17H,9-11H2,1-3H3. The topological polar surface area (TPSA) is 65.0 Å². The molecule has 0 saturated heterocycles. The van der Waals surface area contributed by atoms with Crippen molar-refractivity contribution in [2.24, 2.45) is 0 Å². The van der Waals surface area contributed by atoms with E-state index in [-0.39, 0.29) is 13.0 Å². The molecule has 1 unspecified atom stereocenters. The van der Waals surface area contributed by atoms with Crippen molar-refractivity contribution < 1.29 is 24.4 Å². The van der Waals surface area contributed by atoms with Crippen LogP contribution < -0.4 is 0 Å². The van der Waals surface area contributed by atoms with Crippen LogP contribution in [0.4, 0.5) is 0 Å². The van der Waals surface area contributed by atoms with Crippen LogP contribution in [0.3, 0.4) is 0 Å². The molecular formula is C15H22O5. The van der Waals surface area contributed by atoms with Gasteiger partial charge in [0.2, 0.25) is 0 Å². The molecule has 0 spiro atoms. The number of esters is 1. The van der Waals surface area contributed by atoms with Gasteiger partial charge in [0.25, 0.3) is 0 Å². The summed E-state index contributed by atoms with van der Waals surface area (Å²) in [6, 6.07) is 9.62. The second-order valence-electron chi connectivity index (χ2n) is 5.52. The molecule has 0 aliphatic carbocycles. The predicted molar refractivity (Wildman–Crippen MR) is 74.1 cm³/mol. The normalized spacial score (nSPS) is 13.0. The van der Waals surface area contributed by atoms with E-state index in [1.807, 2.05) is 30.3 Å².